The van der Waals surface area contributed by atoms with Crippen LogP contribution in [0.4, 0.5) is 0 Å². The first-order valence-corrected chi connectivity index (χ1v) is 4.59. The number of hydrogen-bond acceptors (Lipinski definition) is 6. The van der Waals surface area contributed by atoms with E-state index in [4.69, 9.17) is 0 Å². The van der Waals surface area contributed by atoms with Gasteiger partial charge in [0.1, 0.15) is 5.82 Å². The van der Waals surface area contributed by atoms with Gasteiger partial charge in [-0.3, -0.25) is 0 Å². The lowest BCUT2D eigenvalue weighted by Gasteiger charge is -2.01. The van der Waals surface area contributed by atoms with Crippen molar-refractivity contribution in [1.82, 2.24) is 25.4 Å². The van der Waals surface area contributed by atoms with Gasteiger partial charge in [0.15, 0.2) is 5.82 Å². The lowest BCUT2D eigenvalue weighted by atomic mass is 10.4. The van der Waals surface area contributed by atoms with Crippen molar-refractivity contribution >= 4 is 0 Å². The van der Waals surface area contributed by atoms with Gasteiger partial charge < -0.3 is 9.84 Å². The van der Waals surface area contributed by atoms with E-state index < -0.39 is 0 Å². The Bertz CT molecular complexity index is 414. The summed E-state index contributed by atoms with van der Waals surface area (Å²) >= 11 is 0. The highest BCUT2D eigenvalue weighted by molar-refractivity contribution is 5.01. The van der Waals surface area contributed by atoms with Crippen LogP contribution in [0.1, 0.15) is 17.3 Å². The summed E-state index contributed by atoms with van der Waals surface area (Å²) in [6.07, 6.45) is 3.06. The molecule has 0 saturated carbocycles. The van der Waals surface area contributed by atoms with Crippen LogP contribution in [0.3, 0.4) is 0 Å². The van der Waals surface area contributed by atoms with E-state index in [9.17, 15) is 0 Å². The molecule has 78 valence electrons. The topological polar surface area (TPSA) is 76.7 Å². The summed E-state index contributed by atoms with van der Waals surface area (Å²) in [4.78, 5) is 12.2. The highest BCUT2D eigenvalue weighted by atomic mass is 16.5. The second-order valence-electron chi connectivity index (χ2n) is 3.05. The molecule has 0 aliphatic rings. The van der Waals surface area contributed by atoms with Crippen molar-refractivity contribution in [1.29, 1.82) is 0 Å². The lowest BCUT2D eigenvalue weighted by molar-refractivity contribution is 0.407. The number of aryl methyl sites for hydroxylation is 1. The molecular formula is C9H11N5O. The molecule has 2 heterocycles. The standard InChI is InChI=1S/C9H11N5O/c1-7-11-3-2-8(13-7)4-10-5-9-12-6-15-14-9/h2-3,6,10H,4-5H2,1H3. The van der Waals surface area contributed by atoms with Crippen LogP contribution < -0.4 is 5.32 Å². The molecule has 15 heavy (non-hydrogen) atoms. The fourth-order valence-electron chi connectivity index (χ4n) is 1.18. The maximum Gasteiger partial charge on any atom is 0.213 e. The van der Waals surface area contributed by atoms with Gasteiger partial charge >= 0.3 is 0 Å². The molecule has 0 aliphatic heterocycles. The molecule has 0 aliphatic carbocycles. The maximum atomic E-state index is 4.61. The molecule has 2 aromatic heterocycles. The number of nitrogens with one attached hydrogen (secondary N) is 1. The quantitative estimate of drug-likeness (QED) is 0.781. The van der Waals surface area contributed by atoms with Gasteiger partial charge in [-0.15, -0.1) is 0 Å². The van der Waals surface area contributed by atoms with Crippen LogP contribution in [0.15, 0.2) is 23.2 Å². The fraction of sp³-hybridized carbons (Fsp3) is 0.333. The molecule has 0 aromatic carbocycles. The largest absolute Gasteiger partial charge is 0.343 e. The minimum atomic E-state index is 0.569. The summed E-state index contributed by atoms with van der Waals surface area (Å²) < 4.78 is 4.61. The molecule has 6 nitrogen and oxygen atoms in total. The third-order valence-corrected chi connectivity index (χ3v) is 1.83. The van der Waals surface area contributed by atoms with E-state index >= 15 is 0 Å². The van der Waals surface area contributed by atoms with Crippen molar-refractivity contribution in [2.24, 2.45) is 0 Å². The van der Waals surface area contributed by atoms with Gasteiger partial charge in [-0.1, -0.05) is 5.16 Å². The number of hydrogen-bond donors (Lipinski definition) is 1. The van der Waals surface area contributed by atoms with Crippen molar-refractivity contribution in [3.05, 3.63) is 36.0 Å². The Morgan fingerprint density at radius 3 is 3.00 bits per heavy atom. The summed E-state index contributed by atoms with van der Waals surface area (Å²) in [6, 6.07) is 1.87. The van der Waals surface area contributed by atoms with Crippen LogP contribution >= 0.6 is 0 Å². The van der Waals surface area contributed by atoms with Gasteiger partial charge in [0.05, 0.1) is 12.2 Å². The van der Waals surface area contributed by atoms with E-state index in [2.05, 4.69) is 29.9 Å². The fourth-order valence-corrected chi connectivity index (χ4v) is 1.18. The molecule has 0 spiro atoms. The molecule has 0 atom stereocenters. The van der Waals surface area contributed by atoms with E-state index in [1.54, 1.807) is 6.20 Å². The Morgan fingerprint density at radius 2 is 2.27 bits per heavy atom. The zero-order valence-corrected chi connectivity index (χ0v) is 8.34. The highest BCUT2D eigenvalue weighted by Gasteiger charge is 1.98. The van der Waals surface area contributed by atoms with Crippen molar-refractivity contribution in [2.45, 2.75) is 20.0 Å². The van der Waals surface area contributed by atoms with Gasteiger partial charge in [-0.05, 0) is 13.0 Å². The number of nitrogens with zero attached hydrogens (tertiary/aromatic N) is 4. The first kappa shape index (κ1) is 9.72. The van der Waals surface area contributed by atoms with Crippen molar-refractivity contribution in [3.8, 4) is 0 Å². The van der Waals surface area contributed by atoms with Crippen LogP contribution in [0, 0.1) is 6.92 Å². The summed E-state index contributed by atoms with van der Waals surface area (Å²) in [5.41, 5.74) is 0.950. The van der Waals surface area contributed by atoms with E-state index in [1.165, 1.54) is 6.39 Å². The Labute approximate surface area is 86.8 Å². The summed E-state index contributed by atoms with van der Waals surface area (Å²) in [6.45, 7) is 3.10. The van der Waals surface area contributed by atoms with Crippen LogP contribution in [0.5, 0.6) is 0 Å². The number of rotatable bonds is 4. The third-order valence-electron chi connectivity index (χ3n) is 1.83. The highest BCUT2D eigenvalue weighted by Crippen LogP contribution is 1.95. The maximum absolute atomic E-state index is 4.61. The average Bonchev–Trinajstić information content (AvgIpc) is 2.71. The van der Waals surface area contributed by atoms with Crippen molar-refractivity contribution in [3.63, 3.8) is 0 Å². The monoisotopic (exact) mass is 205 g/mol. The van der Waals surface area contributed by atoms with Gasteiger partial charge in [-0.2, -0.15) is 4.98 Å². The first-order chi connectivity index (χ1) is 7.34. The first-order valence-electron chi connectivity index (χ1n) is 4.59. The van der Waals surface area contributed by atoms with Gasteiger partial charge in [-0.25, -0.2) is 9.97 Å². The normalized spacial score (nSPS) is 10.5. The van der Waals surface area contributed by atoms with Crippen molar-refractivity contribution in [2.75, 3.05) is 0 Å². The van der Waals surface area contributed by atoms with E-state index in [1.807, 2.05) is 13.0 Å². The molecule has 2 rings (SSSR count). The SMILES string of the molecule is Cc1nccc(CNCc2ncon2)n1. The van der Waals surface area contributed by atoms with E-state index in [0.29, 0.717) is 18.9 Å². The second kappa shape index (κ2) is 4.61. The Hall–Kier alpha value is -1.82. The summed E-state index contributed by atoms with van der Waals surface area (Å²) in [7, 11) is 0. The predicted octanol–water partition coefficient (Wildman–Crippen LogP) is 0.458. The molecule has 0 amide bonds. The van der Waals surface area contributed by atoms with Crippen LogP contribution in [-0.2, 0) is 13.1 Å². The Morgan fingerprint density at radius 1 is 1.33 bits per heavy atom. The van der Waals surface area contributed by atoms with E-state index in [0.717, 1.165) is 11.5 Å². The zero-order valence-electron chi connectivity index (χ0n) is 8.34. The van der Waals surface area contributed by atoms with Gasteiger partial charge in [0.25, 0.3) is 0 Å². The minimum Gasteiger partial charge on any atom is -0.343 e. The molecular weight excluding hydrogens is 194 g/mol. The molecule has 0 radical (unpaired) electrons. The zero-order chi connectivity index (χ0) is 10.5. The minimum absolute atomic E-state index is 0.569. The van der Waals surface area contributed by atoms with E-state index in [-0.39, 0.29) is 0 Å². The second-order valence-corrected chi connectivity index (χ2v) is 3.05. The molecule has 0 bridgehead atoms. The average molecular weight is 205 g/mol. The van der Waals surface area contributed by atoms with Crippen molar-refractivity contribution < 1.29 is 4.52 Å². The lowest BCUT2D eigenvalue weighted by Crippen LogP contribution is -2.15. The van der Waals surface area contributed by atoms with Crippen LogP contribution in [0.25, 0.3) is 0 Å². The van der Waals surface area contributed by atoms with Crippen LogP contribution in [-0.4, -0.2) is 20.1 Å². The number of aromatic nitrogens is 4. The van der Waals surface area contributed by atoms with Gasteiger partial charge in [0.2, 0.25) is 6.39 Å². The Balaban J connectivity index is 1.83. The smallest absolute Gasteiger partial charge is 0.213 e. The molecule has 2 aromatic rings. The molecule has 0 saturated heterocycles. The summed E-state index contributed by atoms with van der Waals surface area (Å²) in [5, 5.41) is 6.84. The molecule has 1 N–H and O–H groups in total. The Kier molecular flexibility index (Phi) is 2.99. The summed E-state index contributed by atoms with van der Waals surface area (Å²) in [5.74, 6) is 1.41. The third kappa shape index (κ3) is 2.81. The van der Waals surface area contributed by atoms with Crippen LogP contribution in [0.2, 0.25) is 0 Å². The molecule has 0 fully saturated rings. The van der Waals surface area contributed by atoms with Gasteiger partial charge in [0, 0.05) is 12.7 Å². The molecule has 6 heteroatoms. The predicted molar refractivity (Wildman–Crippen MR) is 51.6 cm³/mol. The molecule has 0 unspecified atom stereocenters.